The van der Waals surface area contributed by atoms with E-state index in [0.29, 0.717) is 41.2 Å². The van der Waals surface area contributed by atoms with E-state index in [9.17, 15) is 41.4 Å². The molecule has 4 rings (SSSR count). The monoisotopic (exact) mass is 611 g/mol. The summed E-state index contributed by atoms with van der Waals surface area (Å²) in [6.07, 6.45) is -9.18. The van der Waals surface area contributed by atoms with Crippen LogP contribution in [0.5, 0.6) is 5.75 Å². The van der Waals surface area contributed by atoms with Crippen molar-refractivity contribution in [3.8, 4) is 16.9 Å². The van der Waals surface area contributed by atoms with Crippen LogP contribution in [0.4, 0.5) is 37.8 Å². The number of halogens is 6. The van der Waals surface area contributed by atoms with E-state index in [1.54, 1.807) is 35.2 Å². The number of pyridine rings is 1. The highest BCUT2D eigenvalue weighted by atomic mass is 19.4. The number of anilines is 2. The number of aliphatic hydroxyl groups excluding tert-OH is 2. The van der Waals surface area contributed by atoms with Crippen LogP contribution in [-0.2, 0) is 22.6 Å². The van der Waals surface area contributed by atoms with Crippen molar-refractivity contribution in [1.82, 2.24) is 4.98 Å². The van der Waals surface area contributed by atoms with Gasteiger partial charge in [-0.15, -0.1) is 0 Å². The zero-order valence-corrected chi connectivity index (χ0v) is 23.8. The minimum absolute atomic E-state index is 0.0190. The van der Waals surface area contributed by atoms with E-state index < -0.39 is 52.5 Å². The summed E-state index contributed by atoms with van der Waals surface area (Å²) < 4.78 is 87.0. The van der Waals surface area contributed by atoms with Crippen molar-refractivity contribution >= 4 is 17.4 Å². The van der Waals surface area contributed by atoms with Crippen molar-refractivity contribution in [2.24, 2.45) is 0 Å². The Labute approximate surface area is 244 Å². The first kappa shape index (κ1) is 32.1. The molecule has 0 spiro atoms. The van der Waals surface area contributed by atoms with Crippen LogP contribution in [0.15, 0.2) is 54.7 Å². The van der Waals surface area contributed by atoms with Crippen LogP contribution in [0.3, 0.4) is 0 Å². The summed E-state index contributed by atoms with van der Waals surface area (Å²) in [6, 6.07) is 9.20. The quantitative estimate of drug-likeness (QED) is 0.335. The van der Waals surface area contributed by atoms with Gasteiger partial charge in [0.1, 0.15) is 11.6 Å². The number of para-hydroxylation sites is 1. The largest absolute Gasteiger partial charge is 0.496 e. The molecule has 1 aliphatic rings. The third kappa shape index (κ3) is 6.42. The van der Waals surface area contributed by atoms with Crippen LogP contribution < -0.4 is 14.5 Å². The number of alkyl halides is 6. The van der Waals surface area contributed by atoms with Gasteiger partial charge in [-0.2, -0.15) is 26.3 Å². The number of benzene rings is 2. The van der Waals surface area contributed by atoms with Gasteiger partial charge < -0.3 is 24.7 Å². The number of hydrogen-bond acceptors (Lipinski definition) is 6. The fraction of sp³-hybridized carbons (Fsp3) is 0.400. The number of rotatable bonds is 7. The molecule has 232 valence electrons. The van der Waals surface area contributed by atoms with Gasteiger partial charge in [0.15, 0.2) is 0 Å². The number of β-amino-alcohol motifs (C(OH)–C–C–N with tert-alkyl or cyclic N) is 1. The second kappa shape index (κ2) is 11.7. The Bertz CT molecular complexity index is 1460. The predicted octanol–water partition coefficient (Wildman–Crippen LogP) is 5.67. The number of aromatic nitrogens is 1. The number of hydrogen-bond donors (Lipinski definition) is 2. The number of ether oxygens (including phenoxy) is 1. The Balaban J connectivity index is 1.84. The number of likely N-dealkylation sites (N-methyl/N-ethyl adjacent to an activating group) is 1. The van der Waals surface area contributed by atoms with Gasteiger partial charge in [-0.3, -0.25) is 4.79 Å². The number of carbonyl (C=O) groups excluding carboxylic acids is 1. The molecule has 1 fully saturated rings. The van der Waals surface area contributed by atoms with Crippen molar-refractivity contribution in [3.63, 3.8) is 0 Å². The average Bonchev–Trinajstić information content (AvgIpc) is 3.35. The lowest BCUT2D eigenvalue weighted by molar-refractivity contribution is -0.143. The molecule has 0 unspecified atom stereocenters. The fourth-order valence-electron chi connectivity index (χ4n) is 5.26. The molecule has 7 nitrogen and oxygen atoms in total. The molecule has 13 heteroatoms. The second-order valence-corrected chi connectivity index (χ2v) is 10.9. The van der Waals surface area contributed by atoms with E-state index in [2.05, 4.69) is 4.98 Å². The average molecular weight is 612 g/mol. The summed E-state index contributed by atoms with van der Waals surface area (Å²) in [6.45, 7) is 2.46. The van der Waals surface area contributed by atoms with E-state index in [1.807, 2.05) is 0 Å². The van der Waals surface area contributed by atoms with Crippen LogP contribution >= 0.6 is 0 Å². The van der Waals surface area contributed by atoms with Crippen LogP contribution in [0.25, 0.3) is 11.1 Å². The van der Waals surface area contributed by atoms with Crippen LogP contribution in [0.2, 0.25) is 0 Å². The van der Waals surface area contributed by atoms with E-state index in [1.165, 1.54) is 34.2 Å². The number of amides is 1. The molecule has 1 saturated heterocycles. The van der Waals surface area contributed by atoms with Gasteiger partial charge in [0.2, 0.25) is 5.91 Å². The van der Waals surface area contributed by atoms with E-state index in [-0.39, 0.29) is 24.9 Å². The predicted molar refractivity (Wildman–Crippen MR) is 148 cm³/mol. The fourth-order valence-corrected chi connectivity index (χ4v) is 5.26. The topological polar surface area (TPSA) is 86.1 Å². The van der Waals surface area contributed by atoms with Crippen molar-refractivity contribution in [2.45, 2.75) is 50.2 Å². The molecule has 0 saturated carbocycles. The van der Waals surface area contributed by atoms with Crippen molar-refractivity contribution in [2.75, 3.05) is 37.1 Å². The van der Waals surface area contributed by atoms with Crippen LogP contribution in [-0.4, -0.2) is 60.6 Å². The molecule has 1 aromatic heterocycles. The van der Waals surface area contributed by atoms with Gasteiger partial charge in [0.05, 0.1) is 54.3 Å². The molecule has 0 bridgehead atoms. The molecule has 1 amide bonds. The third-order valence-electron chi connectivity index (χ3n) is 7.67. The van der Waals surface area contributed by atoms with Crippen LogP contribution in [0.1, 0.15) is 37.0 Å². The first-order valence-electron chi connectivity index (χ1n) is 13.3. The van der Waals surface area contributed by atoms with E-state index in [4.69, 9.17) is 4.74 Å². The van der Waals surface area contributed by atoms with Crippen LogP contribution in [0, 0.1) is 0 Å². The molecule has 43 heavy (non-hydrogen) atoms. The Morgan fingerprint density at radius 3 is 2.14 bits per heavy atom. The highest BCUT2D eigenvalue weighted by molar-refractivity contribution is 6.03. The maximum Gasteiger partial charge on any atom is 0.416 e. The minimum atomic E-state index is -5.08. The second-order valence-electron chi connectivity index (χ2n) is 10.9. The summed E-state index contributed by atoms with van der Waals surface area (Å²) in [5.74, 6) is 0.0115. The first-order valence-corrected chi connectivity index (χ1v) is 13.3. The molecule has 1 aliphatic heterocycles. The molecular weight excluding hydrogens is 580 g/mol. The summed E-state index contributed by atoms with van der Waals surface area (Å²) in [7, 11) is 2.80. The Kier molecular flexibility index (Phi) is 8.72. The Morgan fingerprint density at radius 2 is 1.58 bits per heavy atom. The van der Waals surface area contributed by atoms with Gasteiger partial charge in [-0.1, -0.05) is 18.2 Å². The van der Waals surface area contributed by atoms with Gasteiger partial charge in [0, 0.05) is 24.7 Å². The highest BCUT2D eigenvalue weighted by Gasteiger charge is 2.41. The number of nitrogens with zero attached hydrogens (tertiary/aromatic N) is 3. The SMILES string of the molecule is COc1ccccc1-c1cc(N2C[C@@H](O)C[C@H]2CO)ncc1N(C)C(=O)C(C)(C)c1cc(C(F)(F)F)cc(C(F)(F)F)c1. The minimum Gasteiger partial charge on any atom is -0.496 e. The lowest BCUT2D eigenvalue weighted by atomic mass is 9.81. The maximum atomic E-state index is 13.9. The molecule has 3 aromatic rings. The first-order chi connectivity index (χ1) is 20.0. The molecule has 0 radical (unpaired) electrons. The van der Waals surface area contributed by atoms with Gasteiger partial charge in [-0.05, 0) is 56.2 Å². The Hall–Kier alpha value is -3.84. The number of methoxy groups -OCH3 is 1. The summed E-state index contributed by atoms with van der Waals surface area (Å²) in [5, 5.41) is 20.0. The van der Waals surface area contributed by atoms with Gasteiger partial charge in [-0.25, -0.2) is 4.98 Å². The lowest BCUT2D eigenvalue weighted by Gasteiger charge is -2.32. The van der Waals surface area contributed by atoms with Crippen molar-refractivity contribution in [1.29, 1.82) is 0 Å². The molecule has 2 atom stereocenters. The number of carbonyl (C=O) groups is 1. The van der Waals surface area contributed by atoms with Gasteiger partial charge in [0.25, 0.3) is 0 Å². The summed E-state index contributed by atoms with van der Waals surface area (Å²) >= 11 is 0. The standard InChI is InChI=1S/C30H31F6N3O4/c1-28(2,17-9-18(29(31,32)33)11-19(10-17)30(34,35)36)27(42)38(3)24-14-37-26(39-15-21(41)12-20(39)16-40)13-23(24)22-7-5-6-8-25(22)43-4/h5-11,13-14,20-21,40-41H,12,15-16H2,1-4H3/t20-,21-/m0/s1. The zero-order chi connectivity index (χ0) is 31.9. The third-order valence-corrected chi connectivity index (χ3v) is 7.67. The Morgan fingerprint density at radius 1 is 1.00 bits per heavy atom. The van der Waals surface area contributed by atoms with Crippen molar-refractivity contribution in [3.05, 3.63) is 71.4 Å². The van der Waals surface area contributed by atoms with Gasteiger partial charge >= 0.3 is 12.4 Å². The smallest absolute Gasteiger partial charge is 0.416 e. The maximum absolute atomic E-state index is 13.9. The van der Waals surface area contributed by atoms with Crippen molar-refractivity contribution < 1.29 is 46.1 Å². The molecule has 2 heterocycles. The van der Waals surface area contributed by atoms with E-state index >= 15 is 0 Å². The molecular formula is C30H31F6N3O4. The summed E-state index contributed by atoms with van der Waals surface area (Å²) in [4.78, 5) is 21.2. The zero-order valence-electron chi connectivity index (χ0n) is 23.8. The molecule has 2 N–H and O–H groups in total. The highest BCUT2D eigenvalue weighted by Crippen LogP contribution is 2.42. The normalized spacial score (nSPS) is 17.7. The summed E-state index contributed by atoms with van der Waals surface area (Å²) in [5.41, 5.74) is -4.19. The number of aliphatic hydroxyl groups is 2. The lowest BCUT2D eigenvalue weighted by Crippen LogP contribution is -2.42. The van der Waals surface area contributed by atoms with E-state index in [0.717, 1.165) is 4.90 Å². The molecule has 0 aliphatic carbocycles. The molecule has 2 aromatic carbocycles.